The number of halogens is 2. The zero-order chi connectivity index (χ0) is 8.27. The lowest BCUT2D eigenvalue weighted by Gasteiger charge is -2.00. The number of hydrogen-bond acceptors (Lipinski definition) is 1. The first-order chi connectivity index (χ1) is 5.24. The summed E-state index contributed by atoms with van der Waals surface area (Å²) in [6.07, 6.45) is 0. The Morgan fingerprint density at radius 2 is 2.00 bits per heavy atom. The molecule has 0 amide bonds. The second-order valence-electron chi connectivity index (χ2n) is 2.10. The molecule has 0 N–H and O–H groups in total. The van der Waals surface area contributed by atoms with Crippen LogP contribution >= 0.6 is 23.2 Å². The maximum absolute atomic E-state index is 5.74. The highest BCUT2D eigenvalue weighted by Crippen LogP contribution is 2.22. The third-order valence-corrected chi connectivity index (χ3v) is 1.99. The lowest BCUT2D eigenvalue weighted by molar-refractivity contribution is 0.229. The second-order valence-corrected chi connectivity index (χ2v) is 2.91. The summed E-state index contributed by atoms with van der Waals surface area (Å²) < 4.78 is 4.67. The minimum Gasteiger partial charge on any atom is -0.374 e. The fourth-order valence-electron chi connectivity index (χ4n) is 0.747. The van der Waals surface area contributed by atoms with Gasteiger partial charge in [0, 0.05) is 0 Å². The SMILES string of the molecule is [CH2]OCc1ccc(Cl)c(Cl)c1. The van der Waals surface area contributed by atoms with Crippen molar-refractivity contribution < 1.29 is 4.74 Å². The molecule has 1 aromatic carbocycles. The first-order valence-electron chi connectivity index (χ1n) is 3.05. The van der Waals surface area contributed by atoms with Gasteiger partial charge in [0.1, 0.15) is 0 Å². The number of hydrogen-bond donors (Lipinski definition) is 0. The summed E-state index contributed by atoms with van der Waals surface area (Å²) in [4.78, 5) is 0. The van der Waals surface area contributed by atoms with Crippen molar-refractivity contribution in [1.82, 2.24) is 0 Å². The van der Waals surface area contributed by atoms with E-state index in [2.05, 4.69) is 11.8 Å². The van der Waals surface area contributed by atoms with Crippen LogP contribution in [0.5, 0.6) is 0 Å². The molecule has 11 heavy (non-hydrogen) atoms. The predicted molar refractivity (Wildman–Crippen MR) is 46.6 cm³/mol. The van der Waals surface area contributed by atoms with Crippen molar-refractivity contribution in [2.75, 3.05) is 0 Å². The Morgan fingerprint density at radius 3 is 2.55 bits per heavy atom. The molecule has 1 radical (unpaired) electrons. The average molecular weight is 190 g/mol. The average Bonchev–Trinajstić information content (AvgIpc) is 1.98. The first-order valence-corrected chi connectivity index (χ1v) is 3.80. The number of rotatable bonds is 2. The van der Waals surface area contributed by atoms with Crippen LogP contribution in [-0.2, 0) is 11.3 Å². The van der Waals surface area contributed by atoms with Gasteiger partial charge in [-0.1, -0.05) is 29.3 Å². The minimum atomic E-state index is 0.455. The Balaban J connectivity index is 2.86. The molecule has 1 aromatic rings. The Bertz CT molecular complexity index is 248. The van der Waals surface area contributed by atoms with Gasteiger partial charge in [0.25, 0.3) is 0 Å². The van der Waals surface area contributed by atoms with Crippen molar-refractivity contribution in [1.29, 1.82) is 0 Å². The van der Waals surface area contributed by atoms with Crippen LogP contribution in [0.1, 0.15) is 5.56 Å². The van der Waals surface area contributed by atoms with Crippen LogP contribution < -0.4 is 0 Å². The Labute approximate surface area is 75.9 Å². The van der Waals surface area contributed by atoms with Crippen LogP contribution in [0.25, 0.3) is 0 Å². The van der Waals surface area contributed by atoms with Gasteiger partial charge in [0.2, 0.25) is 0 Å². The summed E-state index contributed by atoms with van der Waals surface area (Å²) in [5, 5.41) is 1.10. The van der Waals surface area contributed by atoms with Crippen molar-refractivity contribution in [3.63, 3.8) is 0 Å². The summed E-state index contributed by atoms with van der Waals surface area (Å²) in [5.74, 6) is 0. The van der Waals surface area contributed by atoms with Crippen LogP contribution in [0.15, 0.2) is 18.2 Å². The molecule has 0 heterocycles. The zero-order valence-electron chi connectivity index (χ0n) is 5.81. The molecule has 1 nitrogen and oxygen atoms in total. The Morgan fingerprint density at radius 1 is 1.27 bits per heavy atom. The topological polar surface area (TPSA) is 9.23 Å². The van der Waals surface area contributed by atoms with Crippen LogP contribution in [0.4, 0.5) is 0 Å². The molecule has 1 rings (SSSR count). The molecule has 59 valence electrons. The fraction of sp³-hybridized carbons (Fsp3) is 0.125. The van der Waals surface area contributed by atoms with E-state index in [-0.39, 0.29) is 0 Å². The van der Waals surface area contributed by atoms with Crippen molar-refractivity contribution in [3.05, 3.63) is 40.9 Å². The quantitative estimate of drug-likeness (QED) is 0.695. The molecule has 0 bridgehead atoms. The maximum atomic E-state index is 5.74. The third-order valence-electron chi connectivity index (χ3n) is 1.25. The predicted octanol–water partition coefficient (Wildman–Crippen LogP) is 3.30. The van der Waals surface area contributed by atoms with Crippen molar-refractivity contribution in [2.45, 2.75) is 6.61 Å². The van der Waals surface area contributed by atoms with Gasteiger partial charge in [-0.15, -0.1) is 0 Å². The summed E-state index contributed by atoms with van der Waals surface area (Å²) in [7, 11) is 3.26. The van der Waals surface area contributed by atoms with E-state index >= 15 is 0 Å². The Kier molecular flexibility index (Phi) is 3.18. The second kappa shape index (κ2) is 3.96. The van der Waals surface area contributed by atoms with E-state index in [0.29, 0.717) is 16.7 Å². The van der Waals surface area contributed by atoms with Crippen LogP contribution in [0.2, 0.25) is 10.0 Å². The molecule has 0 saturated heterocycles. The largest absolute Gasteiger partial charge is 0.374 e. The zero-order valence-corrected chi connectivity index (χ0v) is 7.32. The maximum Gasteiger partial charge on any atom is 0.0718 e. The lowest BCUT2D eigenvalue weighted by Crippen LogP contribution is -1.84. The molecule has 0 unspecified atom stereocenters. The van der Waals surface area contributed by atoms with Crippen molar-refractivity contribution in [2.24, 2.45) is 0 Å². The molecule has 0 aromatic heterocycles. The van der Waals surface area contributed by atoms with Gasteiger partial charge < -0.3 is 4.74 Å². The van der Waals surface area contributed by atoms with E-state index in [1.54, 1.807) is 12.1 Å². The molecule has 0 spiro atoms. The van der Waals surface area contributed by atoms with E-state index in [4.69, 9.17) is 23.2 Å². The monoisotopic (exact) mass is 189 g/mol. The van der Waals surface area contributed by atoms with Crippen LogP contribution in [-0.4, -0.2) is 0 Å². The highest BCUT2D eigenvalue weighted by molar-refractivity contribution is 6.41. The van der Waals surface area contributed by atoms with E-state index in [1.165, 1.54) is 0 Å². The summed E-state index contributed by atoms with van der Waals surface area (Å²) >= 11 is 11.4. The molecule has 0 atom stereocenters. The van der Waals surface area contributed by atoms with Gasteiger partial charge in [0.15, 0.2) is 0 Å². The standard InChI is InChI=1S/C8H7Cl2O/c1-11-5-6-2-3-7(9)8(10)4-6/h2-4H,1,5H2. The number of ether oxygens (including phenoxy) is 1. The molecule has 0 aliphatic heterocycles. The van der Waals surface area contributed by atoms with Crippen molar-refractivity contribution in [3.8, 4) is 0 Å². The van der Waals surface area contributed by atoms with E-state index in [9.17, 15) is 0 Å². The van der Waals surface area contributed by atoms with Gasteiger partial charge in [-0.2, -0.15) is 0 Å². The van der Waals surface area contributed by atoms with Gasteiger partial charge in [-0.05, 0) is 17.7 Å². The molecule has 0 aliphatic rings. The van der Waals surface area contributed by atoms with Gasteiger partial charge in [0.05, 0.1) is 23.8 Å². The smallest absolute Gasteiger partial charge is 0.0718 e. The summed E-state index contributed by atoms with van der Waals surface area (Å²) in [6, 6.07) is 5.34. The fourth-order valence-corrected chi connectivity index (χ4v) is 1.07. The summed E-state index contributed by atoms with van der Waals surface area (Å²) in [6.45, 7) is 0.455. The molecule has 0 saturated carbocycles. The Hall–Kier alpha value is -0.240. The highest BCUT2D eigenvalue weighted by Gasteiger charge is 1.97. The van der Waals surface area contributed by atoms with Gasteiger partial charge >= 0.3 is 0 Å². The molecular formula is C8H7Cl2O. The van der Waals surface area contributed by atoms with E-state index in [0.717, 1.165) is 5.56 Å². The van der Waals surface area contributed by atoms with Crippen LogP contribution in [0.3, 0.4) is 0 Å². The van der Waals surface area contributed by atoms with E-state index < -0.39 is 0 Å². The highest BCUT2D eigenvalue weighted by atomic mass is 35.5. The molecule has 0 aliphatic carbocycles. The van der Waals surface area contributed by atoms with Crippen LogP contribution in [0, 0.1) is 7.11 Å². The van der Waals surface area contributed by atoms with Crippen molar-refractivity contribution >= 4 is 23.2 Å². The minimum absolute atomic E-state index is 0.455. The number of benzene rings is 1. The van der Waals surface area contributed by atoms with Gasteiger partial charge in [-0.3, -0.25) is 0 Å². The normalized spacial score (nSPS) is 10.1. The lowest BCUT2D eigenvalue weighted by atomic mass is 10.2. The molecule has 3 heteroatoms. The third kappa shape index (κ3) is 2.37. The molecule has 0 fully saturated rings. The molecular weight excluding hydrogens is 183 g/mol. The first kappa shape index (κ1) is 8.85. The van der Waals surface area contributed by atoms with Gasteiger partial charge in [-0.25, -0.2) is 0 Å². The van der Waals surface area contributed by atoms with E-state index in [1.807, 2.05) is 6.07 Å². The summed E-state index contributed by atoms with van der Waals surface area (Å²) in [5.41, 5.74) is 0.967.